The highest BCUT2D eigenvalue weighted by molar-refractivity contribution is 5.92. The first-order valence-corrected chi connectivity index (χ1v) is 7.78. The average molecular weight is 338 g/mol. The molecule has 0 aliphatic rings. The fourth-order valence-corrected chi connectivity index (χ4v) is 2.07. The molecule has 0 aliphatic heterocycles. The van der Waals surface area contributed by atoms with Gasteiger partial charge in [0.2, 0.25) is 0 Å². The molecule has 2 aromatic rings. The molecule has 2 rings (SSSR count). The van der Waals surface area contributed by atoms with Crippen LogP contribution in [0.3, 0.4) is 0 Å². The Morgan fingerprint density at radius 1 is 1.16 bits per heavy atom. The summed E-state index contributed by atoms with van der Waals surface area (Å²) in [5, 5.41) is 11.3. The number of anilines is 1. The van der Waals surface area contributed by atoms with Crippen molar-refractivity contribution in [3.8, 4) is 11.8 Å². The van der Waals surface area contributed by atoms with Crippen molar-refractivity contribution in [1.82, 2.24) is 0 Å². The van der Waals surface area contributed by atoms with Gasteiger partial charge in [-0.3, -0.25) is 4.79 Å². The highest BCUT2D eigenvalue weighted by atomic mass is 16.5. The van der Waals surface area contributed by atoms with E-state index in [4.69, 9.17) is 14.7 Å². The van der Waals surface area contributed by atoms with Crippen LogP contribution in [0, 0.1) is 11.3 Å². The van der Waals surface area contributed by atoms with Gasteiger partial charge in [0.25, 0.3) is 5.91 Å². The number of amides is 1. The number of nitrogens with one attached hydrogen (secondary N) is 1. The molecule has 0 heterocycles. The van der Waals surface area contributed by atoms with Gasteiger partial charge in [-0.25, -0.2) is 4.79 Å². The summed E-state index contributed by atoms with van der Waals surface area (Å²) in [6, 6.07) is 15.5. The van der Waals surface area contributed by atoms with Gasteiger partial charge in [0.1, 0.15) is 5.75 Å². The Balaban J connectivity index is 1.88. The maximum atomic E-state index is 11.9. The lowest BCUT2D eigenvalue weighted by Crippen LogP contribution is -2.20. The Hall–Kier alpha value is -3.33. The van der Waals surface area contributed by atoms with Crippen LogP contribution in [0.2, 0.25) is 0 Å². The van der Waals surface area contributed by atoms with Crippen molar-refractivity contribution >= 4 is 17.6 Å². The smallest absolute Gasteiger partial charge is 0.338 e. The van der Waals surface area contributed by atoms with Crippen LogP contribution in [0.4, 0.5) is 5.69 Å². The molecule has 0 aliphatic carbocycles. The summed E-state index contributed by atoms with van der Waals surface area (Å²) in [6.45, 7) is 1.83. The van der Waals surface area contributed by atoms with Gasteiger partial charge in [-0.05, 0) is 42.8 Å². The number of rotatable bonds is 7. The monoisotopic (exact) mass is 338 g/mol. The topological polar surface area (TPSA) is 88.4 Å². The highest BCUT2D eigenvalue weighted by Gasteiger charge is 2.09. The summed E-state index contributed by atoms with van der Waals surface area (Å²) in [5.41, 5.74) is 1.87. The van der Waals surface area contributed by atoms with Gasteiger partial charge in [-0.2, -0.15) is 5.26 Å². The minimum atomic E-state index is -0.435. The molecule has 0 bridgehead atoms. The van der Waals surface area contributed by atoms with Crippen LogP contribution in [-0.2, 0) is 16.0 Å². The van der Waals surface area contributed by atoms with Crippen molar-refractivity contribution in [2.24, 2.45) is 0 Å². The van der Waals surface area contributed by atoms with E-state index in [1.807, 2.05) is 0 Å². The second-order valence-electron chi connectivity index (χ2n) is 5.12. The second kappa shape index (κ2) is 9.08. The molecular weight excluding hydrogens is 320 g/mol. The van der Waals surface area contributed by atoms with E-state index in [0.29, 0.717) is 30.0 Å². The van der Waals surface area contributed by atoms with Crippen LogP contribution in [0.15, 0.2) is 48.5 Å². The minimum absolute atomic E-state index is 0.188. The summed E-state index contributed by atoms with van der Waals surface area (Å²) >= 11 is 0. The van der Waals surface area contributed by atoms with Gasteiger partial charge in [-0.1, -0.05) is 18.2 Å². The molecule has 0 saturated carbocycles. The van der Waals surface area contributed by atoms with Gasteiger partial charge in [0, 0.05) is 5.69 Å². The van der Waals surface area contributed by atoms with Gasteiger partial charge >= 0.3 is 5.97 Å². The predicted molar refractivity (Wildman–Crippen MR) is 92.3 cm³/mol. The Morgan fingerprint density at radius 3 is 2.60 bits per heavy atom. The quantitative estimate of drug-likeness (QED) is 0.784. The number of nitrogens with zero attached hydrogens (tertiary/aromatic N) is 1. The van der Waals surface area contributed by atoms with Gasteiger partial charge in [0.05, 0.1) is 24.7 Å². The van der Waals surface area contributed by atoms with Gasteiger partial charge in [0.15, 0.2) is 6.61 Å². The van der Waals surface area contributed by atoms with Crippen LogP contribution in [0.1, 0.15) is 22.8 Å². The molecule has 6 heteroatoms. The molecular formula is C19H18N2O4. The third kappa shape index (κ3) is 5.66. The highest BCUT2D eigenvalue weighted by Crippen LogP contribution is 2.15. The molecule has 0 spiro atoms. The lowest BCUT2D eigenvalue weighted by Gasteiger charge is -2.09. The first kappa shape index (κ1) is 18.0. The average Bonchev–Trinajstić information content (AvgIpc) is 2.62. The van der Waals surface area contributed by atoms with E-state index in [1.165, 1.54) is 6.07 Å². The number of ether oxygens (including phenoxy) is 2. The van der Waals surface area contributed by atoms with Crippen molar-refractivity contribution in [1.29, 1.82) is 5.26 Å². The Morgan fingerprint density at radius 2 is 1.92 bits per heavy atom. The molecule has 1 N–H and O–H groups in total. The summed E-state index contributed by atoms with van der Waals surface area (Å²) in [6.07, 6.45) is 0.328. The zero-order valence-electron chi connectivity index (χ0n) is 13.8. The molecule has 0 aromatic heterocycles. The van der Waals surface area contributed by atoms with Crippen LogP contribution in [-0.4, -0.2) is 25.1 Å². The number of nitriles is 1. The van der Waals surface area contributed by atoms with Gasteiger partial charge in [-0.15, -0.1) is 0 Å². The van der Waals surface area contributed by atoms with E-state index in [9.17, 15) is 9.59 Å². The lowest BCUT2D eigenvalue weighted by atomic mass is 10.1. The first-order chi connectivity index (χ1) is 12.1. The number of benzene rings is 2. The molecule has 6 nitrogen and oxygen atoms in total. The largest absolute Gasteiger partial charge is 0.484 e. The summed E-state index contributed by atoms with van der Waals surface area (Å²) in [4.78, 5) is 23.6. The van der Waals surface area contributed by atoms with Crippen molar-refractivity contribution in [3.05, 3.63) is 59.7 Å². The Kier molecular flexibility index (Phi) is 6.55. The zero-order valence-corrected chi connectivity index (χ0v) is 13.8. The fourth-order valence-electron chi connectivity index (χ4n) is 2.07. The molecule has 0 fully saturated rings. The lowest BCUT2D eigenvalue weighted by molar-refractivity contribution is -0.118. The Bertz CT molecular complexity index is 779. The standard InChI is InChI=1S/C19H18N2O4/c1-2-24-19(23)15-4-3-5-17(12-15)25-13-18(22)21-16-8-6-14(7-9-16)10-11-20/h3-9,12H,2,10,13H2,1H3,(H,21,22). The third-order valence-corrected chi connectivity index (χ3v) is 3.24. The SMILES string of the molecule is CCOC(=O)c1cccc(OCC(=O)Nc2ccc(CC#N)cc2)c1. The van der Waals surface area contributed by atoms with E-state index in [0.717, 1.165) is 5.56 Å². The normalized spacial score (nSPS) is 9.76. The number of hydrogen-bond donors (Lipinski definition) is 1. The predicted octanol–water partition coefficient (Wildman–Crippen LogP) is 2.95. The molecule has 25 heavy (non-hydrogen) atoms. The maximum Gasteiger partial charge on any atom is 0.338 e. The minimum Gasteiger partial charge on any atom is -0.484 e. The van der Waals surface area contributed by atoms with E-state index in [2.05, 4.69) is 11.4 Å². The maximum absolute atomic E-state index is 11.9. The molecule has 0 saturated heterocycles. The second-order valence-corrected chi connectivity index (χ2v) is 5.12. The molecule has 2 aromatic carbocycles. The van der Waals surface area contributed by atoms with E-state index < -0.39 is 5.97 Å². The molecule has 1 amide bonds. The summed E-state index contributed by atoms with van der Waals surface area (Å²) in [5.74, 6) is -0.352. The number of carbonyl (C=O) groups is 2. The summed E-state index contributed by atoms with van der Waals surface area (Å²) in [7, 11) is 0. The van der Waals surface area contributed by atoms with E-state index in [1.54, 1.807) is 49.4 Å². The van der Waals surface area contributed by atoms with Crippen LogP contribution >= 0.6 is 0 Å². The molecule has 128 valence electrons. The number of carbonyl (C=O) groups excluding carboxylic acids is 2. The first-order valence-electron chi connectivity index (χ1n) is 7.78. The van der Waals surface area contributed by atoms with Crippen molar-refractivity contribution in [3.63, 3.8) is 0 Å². The van der Waals surface area contributed by atoms with Crippen molar-refractivity contribution in [2.75, 3.05) is 18.5 Å². The van der Waals surface area contributed by atoms with Crippen molar-refractivity contribution in [2.45, 2.75) is 13.3 Å². The van der Waals surface area contributed by atoms with Crippen LogP contribution in [0.5, 0.6) is 5.75 Å². The molecule has 0 radical (unpaired) electrons. The molecule has 0 unspecified atom stereocenters. The van der Waals surface area contributed by atoms with Crippen molar-refractivity contribution < 1.29 is 19.1 Å². The zero-order chi connectivity index (χ0) is 18.1. The Labute approximate surface area is 146 Å². The molecule has 0 atom stereocenters. The van der Waals surface area contributed by atoms with E-state index >= 15 is 0 Å². The van der Waals surface area contributed by atoms with Gasteiger partial charge < -0.3 is 14.8 Å². The third-order valence-electron chi connectivity index (χ3n) is 3.24. The van der Waals surface area contributed by atoms with Crippen LogP contribution in [0.25, 0.3) is 0 Å². The van der Waals surface area contributed by atoms with Crippen LogP contribution < -0.4 is 10.1 Å². The number of hydrogen-bond acceptors (Lipinski definition) is 5. The summed E-state index contributed by atoms with van der Waals surface area (Å²) < 4.78 is 10.3. The van der Waals surface area contributed by atoms with E-state index in [-0.39, 0.29) is 12.5 Å². The number of esters is 1. The fraction of sp³-hybridized carbons (Fsp3) is 0.211.